The van der Waals surface area contributed by atoms with Crippen LogP contribution in [0.5, 0.6) is 0 Å². The number of nitriles is 1. The van der Waals surface area contributed by atoms with Gasteiger partial charge in [0.2, 0.25) is 0 Å². The Kier molecular flexibility index (Phi) is 3.25. The van der Waals surface area contributed by atoms with Crippen molar-refractivity contribution in [1.29, 1.82) is 10.7 Å². The van der Waals surface area contributed by atoms with E-state index in [1.165, 1.54) is 34.1 Å². The van der Waals surface area contributed by atoms with Crippen molar-refractivity contribution in [3.8, 4) is 6.07 Å². The fourth-order valence-electron chi connectivity index (χ4n) is 3.00. The lowest BCUT2D eigenvalue weighted by atomic mass is 9.97. The van der Waals surface area contributed by atoms with Crippen molar-refractivity contribution in [2.75, 3.05) is 4.90 Å². The monoisotopic (exact) mass is 299 g/mol. The van der Waals surface area contributed by atoms with Crippen LogP contribution >= 0.6 is 0 Å². The van der Waals surface area contributed by atoms with E-state index in [0.717, 1.165) is 6.42 Å². The van der Waals surface area contributed by atoms with Gasteiger partial charge in [0, 0.05) is 12.1 Å². The molecule has 0 aromatic heterocycles. The molecule has 2 aliphatic rings. The second kappa shape index (κ2) is 5.11. The first-order valence-electron chi connectivity index (χ1n) is 6.89. The van der Waals surface area contributed by atoms with Crippen LogP contribution in [0.4, 0.5) is 16.2 Å². The summed E-state index contributed by atoms with van der Waals surface area (Å²) in [7, 11) is 0. The molecule has 0 saturated carbocycles. The molecule has 2 amide bonds. The fraction of sp³-hybridized carbons (Fsp3) is 0.357. The minimum Gasteiger partial charge on any atom is -0.298 e. The summed E-state index contributed by atoms with van der Waals surface area (Å²) in [4.78, 5) is 25.4. The molecule has 8 heteroatoms. The number of non-ortho nitro benzene ring substituents is 1. The topological polar surface area (TPSA) is 114 Å². The zero-order valence-corrected chi connectivity index (χ0v) is 11.6. The SMILES string of the molecule is N#CC1CCCC2C(=N)N(c3ccc([N+](=O)[O-])cc3)C(=O)N12. The summed E-state index contributed by atoms with van der Waals surface area (Å²) in [5.74, 6) is 0.124. The van der Waals surface area contributed by atoms with Gasteiger partial charge < -0.3 is 0 Å². The van der Waals surface area contributed by atoms with Gasteiger partial charge in [-0.05, 0) is 31.4 Å². The number of carbonyl (C=O) groups is 1. The third kappa shape index (κ3) is 1.98. The van der Waals surface area contributed by atoms with Crippen molar-refractivity contribution in [1.82, 2.24) is 4.90 Å². The van der Waals surface area contributed by atoms with Gasteiger partial charge in [-0.2, -0.15) is 5.26 Å². The Bertz CT molecular complexity index is 693. The molecule has 0 radical (unpaired) electrons. The van der Waals surface area contributed by atoms with Gasteiger partial charge in [-0.1, -0.05) is 0 Å². The predicted octanol–water partition coefficient (Wildman–Crippen LogP) is 2.26. The van der Waals surface area contributed by atoms with Crippen LogP contribution in [0, 0.1) is 26.9 Å². The zero-order chi connectivity index (χ0) is 15.9. The molecule has 3 rings (SSSR count). The number of anilines is 1. The highest BCUT2D eigenvalue weighted by molar-refractivity contribution is 6.22. The molecule has 2 unspecified atom stereocenters. The van der Waals surface area contributed by atoms with E-state index >= 15 is 0 Å². The van der Waals surface area contributed by atoms with Crippen LogP contribution in [0.25, 0.3) is 0 Å². The van der Waals surface area contributed by atoms with Gasteiger partial charge >= 0.3 is 6.03 Å². The molecule has 1 N–H and O–H groups in total. The lowest BCUT2D eigenvalue weighted by molar-refractivity contribution is -0.384. The van der Waals surface area contributed by atoms with Crippen molar-refractivity contribution >= 4 is 23.2 Å². The van der Waals surface area contributed by atoms with E-state index in [-0.39, 0.29) is 17.6 Å². The van der Waals surface area contributed by atoms with Crippen molar-refractivity contribution in [3.63, 3.8) is 0 Å². The molecule has 112 valence electrons. The van der Waals surface area contributed by atoms with Gasteiger partial charge in [0.15, 0.2) is 0 Å². The number of fused-ring (bicyclic) bond motifs is 1. The van der Waals surface area contributed by atoms with Crippen molar-refractivity contribution in [2.24, 2.45) is 0 Å². The molecule has 1 aromatic carbocycles. The number of nitro groups is 1. The van der Waals surface area contributed by atoms with Crippen LogP contribution in [0.1, 0.15) is 19.3 Å². The highest BCUT2D eigenvalue weighted by Crippen LogP contribution is 2.34. The molecule has 2 fully saturated rings. The van der Waals surface area contributed by atoms with E-state index in [2.05, 4.69) is 6.07 Å². The van der Waals surface area contributed by atoms with Crippen molar-refractivity contribution in [3.05, 3.63) is 34.4 Å². The number of hydrogen-bond acceptors (Lipinski definition) is 5. The smallest absolute Gasteiger partial charge is 0.298 e. The maximum absolute atomic E-state index is 12.6. The van der Waals surface area contributed by atoms with Crippen LogP contribution < -0.4 is 4.90 Å². The molecule has 2 heterocycles. The first-order chi connectivity index (χ1) is 10.5. The van der Waals surface area contributed by atoms with Crippen LogP contribution in [0.15, 0.2) is 24.3 Å². The van der Waals surface area contributed by atoms with Gasteiger partial charge in [0.05, 0.1) is 22.7 Å². The minimum absolute atomic E-state index is 0.0745. The second-order valence-electron chi connectivity index (χ2n) is 5.28. The molecular weight excluding hydrogens is 286 g/mol. The summed E-state index contributed by atoms with van der Waals surface area (Å²) in [6.45, 7) is 0. The van der Waals surface area contributed by atoms with Gasteiger partial charge in [-0.25, -0.2) is 9.69 Å². The Hall–Kier alpha value is -2.95. The number of amidine groups is 1. The summed E-state index contributed by atoms with van der Waals surface area (Å²) < 4.78 is 0. The number of piperidine rings is 1. The average molecular weight is 299 g/mol. The largest absolute Gasteiger partial charge is 0.331 e. The molecule has 1 aromatic rings. The van der Waals surface area contributed by atoms with Crippen LogP contribution in [-0.2, 0) is 0 Å². The summed E-state index contributed by atoms with van der Waals surface area (Å²) in [6, 6.07) is 6.30. The Morgan fingerprint density at radius 3 is 2.59 bits per heavy atom. The molecule has 0 aliphatic carbocycles. The number of nitro benzene ring substituents is 1. The Morgan fingerprint density at radius 1 is 1.32 bits per heavy atom. The molecule has 2 saturated heterocycles. The number of nitrogens with one attached hydrogen (secondary N) is 1. The van der Waals surface area contributed by atoms with Crippen LogP contribution in [0.3, 0.4) is 0 Å². The van der Waals surface area contributed by atoms with Crippen molar-refractivity contribution < 1.29 is 9.72 Å². The molecular formula is C14H13N5O3. The standard InChI is InChI=1S/C14H13N5O3/c15-8-11-2-1-3-12-13(16)18(14(20)17(11)12)9-4-6-10(7-5-9)19(21)22/h4-7,11-12,16H,1-3H2. The summed E-state index contributed by atoms with van der Waals surface area (Å²) in [6.07, 6.45) is 2.06. The number of amides is 2. The third-order valence-corrected chi connectivity index (χ3v) is 4.06. The number of urea groups is 1. The van der Waals surface area contributed by atoms with Gasteiger partial charge in [0.25, 0.3) is 5.69 Å². The second-order valence-corrected chi connectivity index (χ2v) is 5.28. The Morgan fingerprint density at radius 2 is 2.00 bits per heavy atom. The zero-order valence-electron chi connectivity index (χ0n) is 11.6. The number of hydrogen-bond donors (Lipinski definition) is 1. The molecule has 0 bridgehead atoms. The van der Waals surface area contributed by atoms with E-state index in [1.54, 1.807) is 0 Å². The van der Waals surface area contributed by atoms with E-state index < -0.39 is 17.0 Å². The lowest BCUT2D eigenvalue weighted by Gasteiger charge is -2.31. The summed E-state index contributed by atoms with van der Waals surface area (Å²) >= 11 is 0. The Balaban J connectivity index is 1.94. The van der Waals surface area contributed by atoms with Gasteiger partial charge in [-0.3, -0.25) is 20.4 Å². The normalized spacial score (nSPS) is 24.1. The van der Waals surface area contributed by atoms with Gasteiger partial charge in [0.1, 0.15) is 11.9 Å². The highest BCUT2D eigenvalue weighted by atomic mass is 16.6. The molecule has 2 atom stereocenters. The molecule has 8 nitrogen and oxygen atoms in total. The molecule has 0 spiro atoms. The average Bonchev–Trinajstić information content (AvgIpc) is 2.79. The highest BCUT2D eigenvalue weighted by Gasteiger charge is 2.48. The predicted molar refractivity (Wildman–Crippen MR) is 77.6 cm³/mol. The van der Waals surface area contributed by atoms with E-state index in [9.17, 15) is 20.2 Å². The summed E-state index contributed by atoms with van der Waals surface area (Å²) in [5.41, 5.74) is 0.334. The van der Waals surface area contributed by atoms with E-state index in [4.69, 9.17) is 5.41 Å². The summed E-state index contributed by atoms with van der Waals surface area (Å²) in [5, 5.41) is 28.1. The minimum atomic E-state index is -0.519. The van der Waals surface area contributed by atoms with Crippen LogP contribution in [0.2, 0.25) is 0 Å². The number of nitrogens with zero attached hydrogens (tertiary/aromatic N) is 4. The molecule has 2 aliphatic heterocycles. The van der Waals surface area contributed by atoms with E-state index in [1.807, 2.05) is 0 Å². The van der Waals surface area contributed by atoms with Crippen LogP contribution in [-0.4, -0.2) is 33.8 Å². The first-order valence-corrected chi connectivity index (χ1v) is 6.89. The maximum Gasteiger partial charge on any atom is 0.331 e. The third-order valence-electron chi connectivity index (χ3n) is 4.06. The number of carbonyl (C=O) groups excluding carboxylic acids is 1. The first kappa shape index (κ1) is 14.0. The quantitative estimate of drug-likeness (QED) is 0.666. The fourth-order valence-corrected chi connectivity index (χ4v) is 3.00. The van der Waals surface area contributed by atoms with Gasteiger partial charge in [-0.15, -0.1) is 0 Å². The maximum atomic E-state index is 12.6. The number of rotatable bonds is 2. The van der Waals surface area contributed by atoms with Crippen molar-refractivity contribution in [2.45, 2.75) is 31.3 Å². The molecule has 22 heavy (non-hydrogen) atoms. The lowest BCUT2D eigenvalue weighted by Crippen LogP contribution is -2.45. The number of benzene rings is 1. The van der Waals surface area contributed by atoms with E-state index in [0.29, 0.717) is 18.5 Å². The Labute approximate surface area is 126 Å².